The number of nitrogens with zero attached hydrogens (tertiary/aromatic N) is 4. The molecule has 1 saturated heterocycles. The zero-order valence-corrected chi connectivity index (χ0v) is 15.0. The van der Waals surface area contributed by atoms with Gasteiger partial charge in [-0.3, -0.25) is 14.6 Å². The summed E-state index contributed by atoms with van der Waals surface area (Å²) < 4.78 is 0. The molecule has 0 bridgehead atoms. The van der Waals surface area contributed by atoms with E-state index in [1.165, 1.54) is 4.88 Å². The first kappa shape index (κ1) is 19.2. The molecule has 0 atom stereocenters. The number of anilines is 1. The summed E-state index contributed by atoms with van der Waals surface area (Å²) in [5.41, 5.74) is 5.65. The molecule has 8 heteroatoms. The van der Waals surface area contributed by atoms with Crippen molar-refractivity contribution < 1.29 is 4.79 Å². The van der Waals surface area contributed by atoms with Crippen LogP contribution in [0.2, 0.25) is 0 Å². The molecule has 1 aromatic heterocycles. The van der Waals surface area contributed by atoms with E-state index in [2.05, 4.69) is 28.6 Å². The van der Waals surface area contributed by atoms with E-state index < -0.39 is 0 Å². The van der Waals surface area contributed by atoms with E-state index in [-0.39, 0.29) is 18.3 Å². The Bertz CT molecular complexity index is 458. The summed E-state index contributed by atoms with van der Waals surface area (Å²) in [6.45, 7) is 10.9. The topological polar surface area (TPSA) is 65.7 Å². The fourth-order valence-electron chi connectivity index (χ4n) is 2.51. The Labute approximate surface area is 142 Å². The molecule has 1 fully saturated rings. The first-order chi connectivity index (χ1) is 10.1. The molecule has 0 spiro atoms. The van der Waals surface area contributed by atoms with Crippen molar-refractivity contribution in [3.8, 4) is 0 Å². The number of nitrogens with two attached hydrogens (primary N) is 1. The minimum absolute atomic E-state index is 0. The van der Waals surface area contributed by atoms with Crippen LogP contribution in [-0.4, -0.2) is 71.4 Å². The van der Waals surface area contributed by atoms with Crippen molar-refractivity contribution >= 4 is 34.8 Å². The smallest absolute Gasteiger partial charge is 0.236 e. The number of thiazole rings is 1. The average Bonchev–Trinajstić information content (AvgIpc) is 2.90. The van der Waals surface area contributed by atoms with Crippen molar-refractivity contribution in [2.75, 3.05) is 51.5 Å². The van der Waals surface area contributed by atoms with Crippen LogP contribution in [0.25, 0.3) is 0 Å². The highest BCUT2D eigenvalue weighted by molar-refractivity contribution is 7.15. The van der Waals surface area contributed by atoms with Crippen LogP contribution in [0, 0.1) is 0 Å². The number of likely N-dealkylation sites (N-methyl/N-ethyl adjacent to an activating group) is 1. The quantitative estimate of drug-likeness (QED) is 0.835. The Morgan fingerprint density at radius 3 is 2.45 bits per heavy atom. The van der Waals surface area contributed by atoms with Crippen LogP contribution in [-0.2, 0) is 11.3 Å². The first-order valence-electron chi connectivity index (χ1n) is 7.55. The Morgan fingerprint density at radius 2 is 1.95 bits per heavy atom. The van der Waals surface area contributed by atoms with E-state index in [0.29, 0.717) is 11.7 Å². The highest BCUT2D eigenvalue weighted by Crippen LogP contribution is 2.17. The van der Waals surface area contributed by atoms with E-state index in [4.69, 9.17) is 5.73 Å². The van der Waals surface area contributed by atoms with Crippen LogP contribution < -0.4 is 5.73 Å². The fourth-order valence-corrected chi connectivity index (χ4v) is 3.24. The van der Waals surface area contributed by atoms with Crippen LogP contribution in [0.1, 0.15) is 18.7 Å². The number of carbonyl (C=O) groups is 1. The lowest BCUT2D eigenvalue weighted by Gasteiger charge is -2.35. The van der Waals surface area contributed by atoms with E-state index in [9.17, 15) is 4.79 Å². The summed E-state index contributed by atoms with van der Waals surface area (Å²) in [4.78, 5) is 24.0. The molecule has 1 aliphatic heterocycles. The van der Waals surface area contributed by atoms with Gasteiger partial charge in [0.15, 0.2) is 5.13 Å². The van der Waals surface area contributed by atoms with E-state index in [0.717, 1.165) is 45.8 Å². The van der Waals surface area contributed by atoms with Gasteiger partial charge in [-0.1, -0.05) is 13.8 Å². The summed E-state index contributed by atoms with van der Waals surface area (Å²) in [6.07, 6.45) is 1.85. The second kappa shape index (κ2) is 9.29. The van der Waals surface area contributed by atoms with Crippen LogP contribution in [0.3, 0.4) is 0 Å². The molecule has 2 rings (SSSR count). The third-order valence-corrected chi connectivity index (χ3v) is 4.74. The lowest BCUT2D eigenvalue weighted by molar-refractivity contribution is -0.134. The normalized spacial score (nSPS) is 15.9. The van der Waals surface area contributed by atoms with Gasteiger partial charge in [0, 0.05) is 43.8 Å². The van der Waals surface area contributed by atoms with Gasteiger partial charge in [-0.2, -0.15) is 0 Å². The third-order valence-electron chi connectivity index (χ3n) is 3.93. The summed E-state index contributed by atoms with van der Waals surface area (Å²) in [6, 6.07) is 0. The summed E-state index contributed by atoms with van der Waals surface area (Å²) in [7, 11) is 0. The van der Waals surface area contributed by atoms with Crippen molar-refractivity contribution in [3.63, 3.8) is 0 Å². The number of piperazine rings is 1. The monoisotopic (exact) mass is 347 g/mol. The molecule has 1 aromatic rings. The second-order valence-electron chi connectivity index (χ2n) is 5.28. The lowest BCUT2D eigenvalue weighted by Crippen LogP contribution is -2.50. The molecule has 0 radical (unpaired) electrons. The number of amides is 1. The zero-order chi connectivity index (χ0) is 15.2. The summed E-state index contributed by atoms with van der Waals surface area (Å²) >= 11 is 1.54. The van der Waals surface area contributed by atoms with Gasteiger partial charge >= 0.3 is 0 Å². The SMILES string of the molecule is CCN(CC)CC(=O)N1CCN(Cc2cnc(N)s2)CC1.Cl. The number of halogens is 1. The summed E-state index contributed by atoms with van der Waals surface area (Å²) in [5.74, 6) is 0.250. The molecule has 6 nitrogen and oxygen atoms in total. The molecular formula is C14H26ClN5OS. The van der Waals surface area contributed by atoms with Gasteiger partial charge in [-0.05, 0) is 13.1 Å². The Kier molecular flexibility index (Phi) is 8.09. The maximum absolute atomic E-state index is 12.2. The Balaban J connectivity index is 0.00000242. The largest absolute Gasteiger partial charge is 0.375 e. The van der Waals surface area contributed by atoms with E-state index in [1.807, 2.05) is 11.1 Å². The van der Waals surface area contributed by atoms with Crippen LogP contribution in [0.15, 0.2) is 6.20 Å². The molecule has 1 aliphatic rings. The van der Waals surface area contributed by atoms with Gasteiger partial charge in [-0.15, -0.1) is 23.7 Å². The summed E-state index contributed by atoms with van der Waals surface area (Å²) in [5, 5.41) is 0.623. The first-order valence-corrected chi connectivity index (χ1v) is 8.36. The molecule has 0 aliphatic carbocycles. The third kappa shape index (κ3) is 5.39. The molecule has 0 unspecified atom stereocenters. The Morgan fingerprint density at radius 1 is 1.32 bits per heavy atom. The molecule has 0 aromatic carbocycles. The van der Waals surface area contributed by atoms with Crippen molar-refractivity contribution in [2.24, 2.45) is 0 Å². The number of nitrogen functional groups attached to an aromatic ring is 1. The van der Waals surface area contributed by atoms with Crippen molar-refractivity contribution in [2.45, 2.75) is 20.4 Å². The molecule has 126 valence electrons. The minimum Gasteiger partial charge on any atom is -0.375 e. The van der Waals surface area contributed by atoms with Gasteiger partial charge in [0.2, 0.25) is 5.91 Å². The average molecular weight is 348 g/mol. The van der Waals surface area contributed by atoms with Crippen LogP contribution in [0.4, 0.5) is 5.13 Å². The number of aromatic nitrogens is 1. The highest BCUT2D eigenvalue weighted by Gasteiger charge is 2.22. The zero-order valence-electron chi connectivity index (χ0n) is 13.3. The maximum atomic E-state index is 12.2. The van der Waals surface area contributed by atoms with Crippen molar-refractivity contribution in [1.29, 1.82) is 0 Å². The molecule has 2 heterocycles. The number of carbonyl (C=O) groups excluding carboxylic acids is 1. The molecule has 1 amide bonds. The Hall–Kier alpha value is -0.890. The van der Waals surface area contributed by atoms with Gasteiger partial charge in [-0.25, -0.2) is 4.98 Å². The molecular weight excluding hydrogens is 322 g/mol. The predicted molar refractivity (Wildman–Crippen MR) is 93.4 cm³/mol. The predicted octanol–water partition coefficient (Wildman–Crippen LogP) is 1.13. The second-order valence-corrected chi connectivity index (χ2v) is 6.43. The number of rotatable bonds is 6. The number of hydrogen-bond acceptors (Lipinski definition) is 6. The lowest BCUT2D eigenvalue weighted by atomic mass is 10.3. The van der Waals surface area contributed by atoms with E-state index in [1.54, 1.807) is 11.3 Å². The van der Waals surface area contributed by atoms with Crippen molar-refractivity contribution in [1.82, 2.24) is 19.7 Å². The van der Waals surface area contributed by atoms with Crippen LogP contribution in [0.5, 0.6) is 0 Å². The molecule has 0 saturated carbocycles. The van der Waals surface area contributed by atoms with Gasteiger partial charge < -0.3 is 10.6 Å². The standard InChI is InChI=1S/C14H25N5OS.ClH/c1-3-17(4-2)11-13(20)19-7-5-18(6-8-19)10-12-9-16-14(15)21-12;/h9H,3-8,10-11H2,1-2H3,(H2,15,16);1H. The fraction of sp³-hybridized carbons (Fsp3) is 0.714. The van der Waals surface area contributed by atoms with E-state index >= 15 is 0 Å². The highest BCUT2D eigenvalue weighted by atomic mass is 35.5. The van der Waals surface area contributed by atoms with Gasteiger partial charge in [0.25, 0.3) is 0 Å². The maximum Gasteiger partial charge on any atom is 0.236 e. The molecule has 2 N–H and O–H groups in total. The van der Waals surface area contributed by atoms with Gasteiger partial charge in [0.1, 0.15) is 0 Å². The van der Waals surface area contributed by atoms with Gasteiger partial charge in [0.05, 0.1) is 6.54 Å². The van der Waals surface area contributed by atoms with Crippen molar-refractivity contribution in [3.05, 3.63) is 11.1 Å². The van der Waals surface area contributed by atoms with Crippen LogP contribution >= 0.6 is 23.7 Å². The molecule has 22 heavy (non-hydrogen) atoms. The number of hydrogen-bond donors (Lipinski definition) is 1. The minimum atomic E-state index is 0.